The molecule has 2 aromatic carbocycles. The number of amides is 1. The summed E-state index contributed by atoms with van der Waals surface area (Å²) in [6.45, 7) is 0.501. The number of hydrogen-bond donors (Lipinski definition) is 1. The number of ether oxygens (including phenoxy) is 2. The SMILES string of the molecule is COC(=O)NC(C=O)Cc1ccc(OCc2ccccc2)cc1. The second kappa shape index (κ2) is 8.58. The summed E-state index contributed by atoms with van der Waals surface area (Å²) in [5.41, 5.74) is 2.02. The monoisotopic (exact) mass is 313 g/mol. The summed E-state index contributed by atoms with van der Waals surface area (Å²) >= 11 is 0. The molecule has 1 amide bonds. The van der Waals surface area contributed by atoms with Crippen LogP contribution < -0.4 is 10.1 Å². The highest BCUT2D eigenvalue weighted by atomic mass is 16.5. The Morgan fingerprint density at radius 1 is 1.09 bits per heavy atom. The van der Waals surface area contributed by atoms with E-state index in [0.717, 1.165) is 16.9 Å². The first-order valence-corrected chi connectivity index (χ1v) is 7.26. The van der Waals surface area contributed by atoms with Gasteiger partial charge in [0.05, 0.1) is 13.2 Å². The van der Waals surface area contributed by atoms with Gasteiger partial charge in [0.2, 0.25) is 0 Å². The third kappa shape index (κ3) is 5.47. The van der Waals surface area contributed by atoms with Crippen LogP contribution in [0.3, 0.4) is 0 Å². The Morgan fingerprint density at radius 2 is 1.78 bits per heavy atom. The normalized spacial score (nSPS) is 11.3. The van der Waals surface area contributed by atoms with E-state index in [1.54, 1.807) is 0 Å². The zero-order valence-electron chi connectivity index (χ0n) is 12.9. The molecule has 120 valence electrons. The van der Waals surface area contributed by atoms with E-state index in [1.807, 2.05) is 54.6 Å². The van der Waals surface area contributed by atoms with Gasteiger partial charge in [0, 0.05) is 0 Å². The van der Waals surface area contributed by atoms with Gasteiger partial charge >= 0.3 is 6.09 Å². The Hall–Kier alpha value is -2.82. The molecule has 0 saturated carbocycles. The van der Waals surface area contributed by atoms with Gasteiger partial charge in [0.25, 0.3) is 0 Å². The van der Waals surface area contributed by atoms with Crippen LogP contribution in [0.25, 0.3) is 0 Å². The van der Waals surface area contributed by atoms with Crippen LogP contribution in [0.4, 0.5) is 4.79 Å². The van der Waals surface area contributed by atoms with Gasteiger partial charge in [-0.15, -0.1) is 0 Å². The van der Waals surface area contributed by atoms with Gasteiger partial charge in [-0.25, -0.2) is 4.79 Å². The minimum atomic E-state index is -0.620. The predicted molar refractivity (Wildman–Crippen MR) is 86.3 cm³/mol. The number of aldehydes is 1. The van der Waals surface area contributed by atoms with E-state index in [-0.39, 0.29) is 0 Å². The van der Waals surface area contributed by atoms with E-state index >= 15 is 0 Å². The van der Waals surface area contributed by atoms with E-state index < -0.39 is 12.1 Å². The van der Waals surface area contributed by atoms with Gasteiger partial charge in [-0.05, 0) is 29.7 Å². The number of carbonyl (C=O) groups is 2. The summed E-state index contributed by atoms with van der Waals surface area (Å²) in [6, 6.07) is 16.7. The number of rotatable bonds is 7. The Balaban J connectivity index is 1.88. The second-order valence-electron chi connectivity index (χ2n) is 5.00. The summed E-state index contributed by atoms with van der Waals surface area (Å²) in [6.07, 6.45) is 0.471. The number of benzene rings is 2. The van der Waals surface area contributed by atoms with E-state index in [0.29, 0.717) is 19.3 Å². The molecule has 1 unspecified atom stereocenters. The standard InChI is InChI=1S/C18H19NO4/c1-22-18(21)19-16(12-20)11-14-7-9-17(10-8-14)23-13-15-5-3-2-4-6-15/h2-10,12,16H,11,13H2,1H3,(H,19,21). The lowest BCUT2D eigenvalue weighted by atomic mass is 10.1. The molecule has 1 atom stereocenters. The molecule has 0 spiro atoms. The van der Waals surface area contributed by atoms with Crippen molar-refractivity contribution in [2.24, 2.45) is 0 Å². The average Bonchev–Trinajstić information content (AvgIpc) is 2.61. The van der Waals surface area contributed by atoms with Crippen LogP contribution in [-0.4, -0.2) is 25.5 Å². The first-order valence-electron chi connectivity index (χ1n) is 7.26. The maximum atomic E-state index is 11.1. The number of alkyl carbamates (subject to hydrolysis) is 1. The molecule has 23 heavy (non-hydrogen) atoms. The molecule has 2 rings (SSSR count). The third-order valence-corrected chi connectivity index (χ3v) is 3.28. The minimum absolute atomic E-state index is 0.400. The Labute approximate surface area is 135 Å². The number of hydrogen-bond acceptors (Lipinski definition) is 4. The van der Waals surface area contributed by atoms with E-state index in [9.17, 15) is 9.59 Å². The van der Waals surface area contributed by atoms with Gasteiger partial charge in [-0.2, -0.15) is 0 Å². The lowest BCUT2D eigenvalue weighted by Gasteiger charge is -2.12. The predicted octanol–water partition coefficient (Wildman–Crippen LogP) is 2.73. The van der Waals surface area contributed by atoms with Gasteiger partial charge < -0.3 is 19.6 Å². The molecule has 2 aromatic rings. The maximum Gasteiger partial charge on any atom is 0.407 e. The van der Waals surface area contributed by atoms with E-state index in [4.69, 9.17) is 4.74 Å². The zero-order chi connectivity index (χ0) is 16.5. The minimum Gasteiger partial charge on any atom is -0.489 e. The van der Waals surface area contributed by atoms with E-state index in [2.05, 4.69) is 10.1 Å². The highest BCUT2D eigenvalue weighted by molar-refractivity contribution is 5.73. The molecule has 0 aliphatic heterocycles. The first-order chi connectivity index (χ1) is 11.2. The van der Waals surface area contributed by atoms with Crippen LogP contribution in [0.2, 0.25) is 0 Å². The fourth-order valence-electron chi connectivity index (χ4n) is 2.06. The largest absolute Gasteiger partial charge is 0.489 e. The van der Waals surface area contributed by atoms with Crippen molar-refractivity contribution in [1.82, 2.24) is 5.32 Å². The third-order valence-electron chi connectivity index (χ3n) is 3.28. The van der Waals surface area contributed by atoms with Crippen molar-refractivity contribution in [2.45, 2.75) is 19.1 Å². The molecule has 5 heteroatoms. The average molecular weight is 313 g/mol. The summed E-state index contributed by atoms with van der Waals surface area (Å²) in [4.78, 5) is 22.1. The van der Waals surface area contributed by atoms with Crippen molar-refractivity contribution < 1.29 is 19.1 Å². The van der Waals surface area contributed by atoms with Crippen molar-refractivity contribution >= 4 is 12.4 Å². The Kier molecular flexibility index (Phi) is 6.17. The lowest BCUT2D eigenvalue weighted by molar-refractivity contribution is -0.109. The highest BCUT2D eigenvalue weighted by Gasteiger charge is 2.12. The smallest absolute Gasteiger partial charge is 0.407 e. The van der Waals surface area contributed by atoms with Crippen LogP contribution in [0.5, 0.6) is 5.75 Å². The molecule has 0 aliphatic rings. The number of methoxy groups -OCH3 is 1. The lowest BCUT2D eigenvalue weighted by Crippen LogP contribution is -2.37. The van der Waals surface area contributed by atoms with Crippen molar-refractivity contribution in [3.63, 3.8) is 0 Å². The maximum absolute atomic E-state index is 11.1. The van der Waals surface area contributed by atoms with E-state index in [1.165, 1.54) is 7.11 Å². The molecule has 0 radical (unpaired) electrons. The number of nitrogens with one attached hydrogen (secondary N) is 1. The summed E-state index contributed by atoms with van der Waals surface area (Å²) in [5.74, 6) is 0.751. The fourth-order valence-corrected chi connectivity index (χ4v) is 2.06. The molecule has 0 heterocycles. The van der Waals surface area contributed by atoms with Crippen LogP contribution in [0.1, 0.15) is 11.1 Å². The topological polar surface area (TPSA) is 64.6 Å². The summed E-state index contributed by atoms with van der Waals surface area (Å²) in [5, 5.41) is 2.47. The van der Waals surface area contributed by atoms with Crippen molar-refractivity contribution in [3.05, 3.63) is 65.7 Å². The first kappa shape index (κ1) is 16.5. The number of carbonyl (C=O) groups excluding carboxylic acids is 2. The van der Waals surface area contributed by atoms with Crippen LogP contribution >= 0.6 is 0 Å². The molecule has 1 N–H and O–H groups in total. The van der Waals surface area contributed by atoms with Crippen molar-refractivity contribution in [2.75, 3.05) is 7.11 Å². The highest BCUT2D eigenvalue weighted by Crippen LogP contribution is 2.15. The van der Waals surface area contributed by atoms with Gasteiger partial charge in [-0.3, -0.25) is 0 Å². The molecule has 5 nitrogen and oxygen atoms in total. The van der Waals surface area contributed by atoms with Gasteiger partial charge in [0.1, 0.15) is 18.6 Å². The van der Waals surface area contributed by atoms with Crippen LogP contribution in [-0.2, 0) is 22.6 Å². The molecule has 0 aromatic heterocycles. The molecule has 0 fully saturated rings. The van der Waals surface area contributed by atoms with Crippen molar-refractivity contribution in [3.8, 4) is 5.75 Å². The van der Waals surface area contributed by atoms with Crippen LogP contribution in [0.15, 0.2) is 54.6 Å². The van der Waals surface area contributed by atoms with Crippen molar-refractivity contribution in [1.29, 1.82) is 0 Å². The Bertz CT molecular complexity index is 625. The van der Waals surface area contributed by atoms with Gasteiger partial charge in [-0.1, -0.05) is 42.5 Å². The fraction of sp³-hybridized carbons (Fsp3) is 0.222. The zero-order valence-corrected chi connectivity index (χ0v) is 12.9. The summed E-state index contributed by atoms with van der Waals surface area (Å²) in [7, 11) is 1.26. The quantitative estimate of drug-likeness (QED) is 0.798. The molecule has 0 aliphatic carbocycles. The Morgan fingerprint density at radius 3 is 2.39 bits per heavy atom. The molecule has 0 bridgehead atoms. The second-order valence-corrected chi connectivity index (χ2v) is 5.00. The van der Waals surface area contributed by atoms with Crippen LogP contribution in [0, 0.1) is 0 Å². The molecular weight excluding hydrogens is 294 g/mol. The molecular formula is C18H19NO4. The summed E-state index contributed by atoms with van der Waals surface area (Å²) < 4.78 is 10.2. The van der Waals surface area contributed by atoms with Gasteiger partial charge in [0.15, 0.2) is 0 Å². The molecule has 0 saturated heterocycles.